The fourth-order valence-electron chi connectivity index (χ4n) is 3.73. The number of fused-ring (bicyclic) bond motifs is 2. The van der Waals surface area contributed by atoms with Gasteiger partial charge in [0.15, 0.2) is 5.25 Å². The van der Waals surface area contributed by atoms with E-state index >= 15 is 0 Å². The van der Waals surface area contributed by atoms with Gasteiger partial charge in [-0.3, -0.25) is 0 Å². The molecule has 4 aromatic carbocycles. The molecule has 0 unspecified atom stereocenters. The lowest BCUT2D eigenvalue weighted by Gasteiger charge is -2.15. The van der Waals surface area contributed by atoms with Crippen LogP contribution in [0.25, 0.3) is 21.8 Å². The first kappa shape index (κ1) is 21.6. The molecule has 1 aromatic heterocycles. The lowest BCUT2D eigenvalue weighted by Crippen LogP contribution is -2.15. The van der Waals surface area contributed by atoms with Crippen molar-refractivity contribution in [2.75, 3.05) is 0 Å². The minimum Gasteiger partial charge on any atom is -0.437 e. The number of nitrogens with zero attached hydrogens (tertiary/aromatic N) is 3. The quantitative estimate of drug-likeness (QED) is 0.320. The summed E-state index contributed by atoms with van der Waals surface area (Å²) in [6.07, 6.45) is 0. The molecule has 1 atom stereocenters. The highest BCUT2D eigenvalue weighted by Gasteiger charge is 2.34. The van der Waals surface area contributed by atoms with E-state index in [-0.39, 0.29) is 16.5 Å². The van der Waals surface area contributed by atoms with Crippen molar-refractivity contribution < 1.29 is 13.2 Å². The summed E-state index contributed by atoms with van der Waals surface area (Å²) < 4.78 is 33.0. The van der Waals surface area contributed by atoms with Crippen molar-refractivity contribution in [2.24, 2.45) is 0 Å². The minimum absolute atomic E-state index is 0.0174. The molecular formula is C27H19N3O3S. The van der Waals surface area contributed by atoms with E-state index in [1.54, 1.807) is 42.5 Å². The molecule has 0 spiro atoms. The fraction of sp³-hybridized carbons (Fsp3) is 0.0741. The molecule has 0 saturated heterocycles. The summed E-state index contributed by atoms with van der Waals surface area (Å²) in [5, 5.41) is 10.4. The monoisotopic (exact) mass is 465 g/mol. The molecule has 0 aliphatic heterocycles. The summed E-state index contributed by atoms with van der Waals surface area (Å²) in [6.45, 7) is 1.86. The number of ether oxygens (including phenoxy) is 1. The Bertz CT molecular complexity index is 1670. The summed E-state index contributed by atoms with van der Waals surface area (Å²) in [7, 11) is -4.08. The first-order valence-corrected chi connectivity index (χ1v) is 12.1. The van der Waals surface area contributed by atoms with Gasteiger partial charge in [-0.05, 0) is 54.1 Å². The van der Waals surface area contributed by atoms with Crippen LogP contribution in [0.4, 0.5) is 0 Å². The number of para-hydroxylation sites is 2. The maximum atomic E-state index is 13.4. The molecule has 0 aliphatic rings. The predicted octanol–water partition coefficient (Wildman–Crippen LogP) is 5.92. The second kappa shape index (κ2) is 8.58. The van der Waals surface area contributed by atoms with Crippen molar-refractivity contribution in [3.05, 3.63) is 102 Å². The van der Waals surface area contributed by atoms with Crippen molar-refractivity contribution in [2.45, 2.75) is 17.1 Å². The molecule has 6 nitrogen and oxygen atoms in total. The molecule has 5 rings (SSSR count). The van der Waals surface area contributed by atoms with Gasteiger partial charge in [0.25, 0.3) is 0 Å². The number of hydrogen-bond acceptors (Lipinski definition) is 6. The largest absolute Gasteiger partial charge is 0.437 e. The fourth-order valence-corrected chi connectivity index (χ4v) is 5.10. The molecule has 0 saturated carbocycles. The zero-order valence-electron chi connectivity index (χ0n) is 18.2. The molecule has 0 N–H and O–H groups in total. The highest BCUT2D eigenvalue weighted by Crippen LogP contribution is 2.36. The van der Waals surface area contributed by atoms with E-state index in [1.807, 2.05) is 49.4 Å². The van der Waals surface area contributed by atoms with Gasteiger partial charge in [-0.1, -0.05) is 60.2 Å². The van der Waals surface area contributed by atoms with Gasteiger partial charge in [0.2, 0.25) is 15.7 Å². The van der Waals surface area contributed by atoms with Gasteiger partial charge in [0, 0.05) is 0 Å². The average Bonchev–Trinajstić information content (AvgIpc) is 2.85. The number of aromatic nitrogens is 2. The lowest BCUT2D eigenvalue weighted by atomic mass is 10.1. The van der Waals surface area contributed by atoms with Gasteiger partial charge in [-0.25, -0.2) is 18.4 Å². The van der Waals surface area contributed by atoms with Crippen LogP contribution in [-0.4, -0.2) is 18.4 Å². The van der Waals surface area contributed by atoms with Gasteiger partial charge in [0.05, 0.1) is 22.0 Å². The number of hydrogen-bond donors (Lipinski definition) is 0. The van der Waals surface area contributed by atoms with E-state index in [4.69, 9.17) is 4.74 Å². The summed E-state index contributed by atoms with van der Waals surface area (Å²) in [5.74, 6) is 0.449. The molecule has 1 heterocycles. The SMILES string of the molecule is Cc1ccc(S(=O)(=O)[C@@H](C#N)c2nc3ccccc3nc2Oc2ccc3ccccc3c2)cc1. The summed E-state index contributed by atoms with van der Waals surface area (Å²) in [5.41, 5.74) is 1.88. The van der Waals surface area contributed by atoms with Crippen LogP contribution in [0.3, 0.4) is 0 Å². The van der Waals surface area contributed by atoms with Crippen LogP contribution in [0.2, 0.25) is 0 Å². The van der Waals surface area contributed by atoms with Crippen molar-refractivity contribution in [3.8, 4) is 17.7 Å². The molecule has 0 fully saturated rings. The van der Waals surface area contributed by atoms with E-state index in [0.29, 0.717) is 16.8 Å². The van der Waals surface area contributed by atoms with E-state index in [1.165, 1.54) is 12.1 Å². The number of nitriles is 1. The van der Waals surface area contributed by atoms with Crippen LogP contribution >= 0.6 is 0 Å². The lowest BCUT2D eigenvalue weighted by molar-refractivity contribution is 0.456. The van der Waals surface area contributed by atoms with E-state index in [2.05, 4.69) is 9.97 Å². The van der Waals surface area contributed by atoms with Gasteiger partial charge >= 0.3 is 0 Å². The van der Waals surface area contributed by atoms with E-state index < -0.39 is 15.1 Å². The second-order valence-electron chi connectivity index (χ2n) is 7.88. The topological polar surface area (TPSA) is 92.9 Å². The second-order valence-corrected chi connectivity index (χ2v) is 9.91. The highest BCUT2D eigenvalue weighted by molar-refractivity contribution is 7.92. The van der Waals surface area contributed by atoms with Crippen molar-refractivity contribution in [1.29, 1.82) is 5.26 Å². The normalized spacial score (nSPS) is 12.4. The number of benzene rings is 4. The van der Waals surface area contributed by atoms with Gasteiger partial charge in [-0.2, -0.15) is 5.26 Å². The molecule has 0 amide bonds. The molecular weight excluding hydrogens is 446 g/mol. The molecule has 5 aromatic rings. The van der Waals surface area contributed by atoms with Crippen LogP contribution < -0.4 is 4.74 Å². The van der Waals surface area contributed by atoms with E-state index in [0.717, 1.165) is 16.3 Å². The molecule has 34 heavy (non-hydrogen) atoms. The Hall–Kier alpha value is -4.28. The summed E-state index contributed by atoms with van der Waals surface area (Å²) in [6, 6.07) is 28.7. The zero-order valence-corrected chi connectivity index (χ0v) is 19.0. The maximum Gasteiger partial charge on any atom is 0.244 e. The average molecular weight is 466 g/mol. The third kappa shape index (κ3) is 3.96. The zero-order chi connectivity index (χ0) is 23.7. The number of aryl methyl sites for hydroxylation is 1. The number of sulfone groups is 1. The third-order valence-electron chi connectivity index (χ3n) is 5.52. The molecule has 0 radical (unpaired) electrons. The summed E-state index contributed by atoms with van der Waals surface area (Å²) in [4.78, 5) is 9.10. The van der Waals surface area contributed by atoms with Gasteiger partial charge in [-0.15, -0.1) is 0 Å². The Balaban J connectivity index is 1.66. The molecule has 7 heteroatoms. The van der Waals surface area contributed by atoms with Crippen molar-refractivity contribution >= 4 is 31.6 Å². The van der Waals surface area contributed by atoms with Crippen LogP contribution in [-0.2, 0) is 9.84 Å². The smallest absolute Gasteiger partial charge is 0.244 e. The molecule has 0 bridgehead atoms. The van der Waals surface area contributed by atoms with Gasteiger partial charge < -0.3 is 4.74 Å². The Kier molecular flexibility index (Phi) is 5.44. The van der Waals surface area contributed by atoms with Crippen molar-refractivity contribution in [1.82, 2.24) is 9.97 Å². The first-order valence-electron chi connectivity index (χ1n) is 10.6. The van der Waals surface area contributed by atoms with Crippen molar-refractivity contribution in [3.63, 3.8) is 0 Å². The minimum atomic E-state index is -4.08. The molecule has 0 aliphatic carbocycles. The Morgan fingerprint density at radius 3 is 2.18 bits per heavy atom. The third-order valence-corrected chi connectivity index (χ3v) is 7.40. The van der Waals surface area contributed by atoms with Gasteiger partial charge in [0.1, 0.15) is 11.4 Å². The number of rotatable bonds is 5. The Morgan fingerprint density at radius 1 is 0.824 bits per heavy atom. The predicted molar refractivity (Wildman–Crippen MR) is 130 cm³/mol. The first-order chi connectivity index (χ1) is 16.5. The summed E-state index contributed by atoms with van der Waals surface area (Å²) >= 11 is 0. The van der Waals surface area contributed by atoms with Crippen LogP contribution in [0.1, 0.15) is 16.5 Å². The van der Waals surface area contributed by atoms with Crippen LogP contribution in [0, 0.1) is 18.3 Å². The standard InChI is InChI=1S/C27H19N3O3S/c1-18-10-14-22(15-11-18)34(31,32)25(17-28)26-27(30-24-9-5-4-8-23(24)29-26)33-21-13-12-19-6-2-3-7-20(19)16-21/h2-16,25H,1H3/t25-/m0/s1. The Labute approximate surface area is 197 Å². The van der Waals surface area contributed by atoms with Crippen LogP contribution in [0.5, 0.6) is 11.6 Å². The maximum absolute atomic E-state index is 13.4. The Morgan fingerprint density at radius 2 is 1.47 bits per heavy atom. The molecule has 166 valence electrons. The van der Waals surface area contributed by atoms with E-state index in [9.17, 15) is 13.7 Å². The highest BCUT2D eigenvalue weighted by atomic mass is 32.2. The van der Waals surface area contributed by atoms with Crippen LogP contribution in [0.15, 0.2) is 95.9 Å².